The number of nitrogens with one attached hydrogen (secondary N) is 2. The fraction of sp³-hybridized carbons (Fsp3) is 0.872. The van der Waals surface area contributed by atoms with E-state index in [0.29, 0.717) is 50.3 Å². The Morgan fingerprint density at radius 2 is 0.935 bits per heavy atom. The van der Waals surface area contributed by atoms with Crippen molar-refractivity contribution in [2.24, 2.45) is 92.7 Å². The van der Waals surface area contributed by atoms with E-state index in [1.54, 1.807) is 11.1 Å². The van der Waals surface area contributed by atoms with Gasteiger partial charge in [-0.25, -0.2) is 9.59 Å². The van der Waals surface area contributed by atoms with E-state index in [-0.39, 0.29) is 64.7 Å². The monoisotopic (exact) mass is 1280 g/mol. The molecule has 2 aliphatic heterocycles. The summed E-state index contributed by atoms with van der Waals surface area (Å²) in [5.74, 6) is 13.9. The molecule has 8 fully saturated rings. The third-order valence-electron chi connectivity index (χ3n) is 27.7. The molecule has 0 aromatic heterocycles. The largest absolute Gasteiger partial charge is 0.486 e. The molecule has 0 aromatic rings. The number of hydrogen-bond acceptors (Lipinski definition) is 10. The summed E-state index contributed by atoms with van der Waals surface area (Å²) in [6, 6.07) is 0. The highest BCUT2D eigenvalue weighted by molar-refractivity contribution is 6.52. The van der Waals surface area contributed by atoms with E-state index >= 15 is 0 Å². The van der Waals surface area contributed by atoms with Crippen molar-refractivity contribution >= 4 is 26.4 Å². The van der Waals surface area contributed by atoms with Crippen molar-refractivity contribution in [3.63, 3.8) is 0 Å². The third kappa shape index (κ3) is 16.4. The molecule has 6 unspecified atom stereocenters. The molecule has 520 valence electrons. The lowest BCUT2D eigenvalue weighted by atomic mass is 9.47. The van der Waals surface area contributed by atoms with Crippen LogP contribution in [0.2, 0.25) is 0 Å². The molecule has 2 N–H and O–H groups in total. The van der Waals surface area contributed by atoms with Crippen LogP contribution in [0.1, 0.15) is 266 Å². The smallest absolute Gasteiger partial charge is 0.446 e. The zero-order chi connectivity index (χ0) is 66.7. The van der Waals surface area contributed by atoms with E-state index in [1.807, 2.05) is 79.5 Å². The highest BCUT2D eigenvalue weighted by atomic mass is 16.7. The highest BCUT2D eigenvalue weighted by Crippen LogP contribution is 2.69. The van der Waals surface area contributed by atoms with E-state index in [1.165, 1.54) is 103 Å². The molecule has 8 aliphatic carbocycles. The zero-order valence-electron chi connectivity index (χ0n) is 61.6. The van der Waals surface area contributed by atoms with Crippen molar-refractivity contribution < 1.29 is 47.2 Å². The standard InChI is InChI=1S/C41H70BNO6.C37H62BNO4/c1-29(2)12-10-13-30(3)34-16-17-35-33-15-14-31-28-32(18-20-40(31,8)36(33)19-21-41(34,35)9)47-37(44)43-23-25-46-27-26-45-24-11-22-42-48-38(4,5)39(6,7)49-42;1-25(2)12-10-13-26(3)30-16-17-31-29-15-14-27-24-28(18-20-36(27,8)32(29)19-21-37(30,31)9)41-33(40)39-23-11-22-38-42-34(4,5)35(6,7)43-38/h11,14,22,29-30,32-36H,10,12-13,15-21,23-28H2,1-9H3,(H,43,44);11,14,22,25-26,28-32H,10,12-13,15-21,23-24H2,1-9H3,(H,39,40)/b2*22-11+/t30-,32+,33?,34-,35?,36?,40+,41-;26-,28+,29?,30-,31?,32?,36+,37-/m11/s1. The van der Waals surface area contributed by atoms with Crippen LogP contribution in [0, 0.1) is 92.7 Å². The first-order valence-corrected chi connectivity index (χ1v) is 37.8. The van der Waals surface area contributed by atoms with Crippen LogP contribution in [0.25, 0.3) is 0 Å². The van der Waals surface area contributed by atoms with Gasteiger partial charge in [0.05, 0.1) is 48.8 Å². The number of amides is 2. The molecule has 2 heterocycles. The lowest BCUT2D eigenvalue weighted by Gasteiger charge is -2.58. The van der Waals surface area contributed by atoms with Gasteiger partial charge in [0.25, 0.3) is 0 Å². The molecule has 0 bridgehead atoms. The lowest BCUT2D eigenvalue weighted by molar-refractivity contribution is -0.0581. The number of carbonyl (C=O) groups excluding carboxylic acids is 2. The van der Waals surface area contributed by atoms with Gasteiger partial charge < -0.3 is 48.2 Å². The average Bonchev–Trinajstić information content (AvgIpc) is 1.33. The maximum Gasteiger partial charge on any atom is 0.486 e. The van der Waals surface area contributed by atoms with Crippen LogP contribution in [0.4, 0.5) is 9.59 Å². The van der Waals surface area contributed by atoms with Crippen molar-refractivity contribution in [2.75, 3.05) is 39.5 Å². The second-order valence-corrected chi connectivity index (χ2v) is 35.2. The Bertz CT molecular complexity index is 2550. The molecule has 2 saturated heterocycles. The van der Waals surface area contributed by atoms with Crippen LogP contribution in [0.15, 0.2) is 47.4 Å². The molecule has 0 spiro atoms. The summed E-state index contributed by atoms with van der Waals surface area (Å²) in [5, 5.41) is 5.79. The summed E-state index contributed by atoms with van der Waals surface area (Å²) in [6.45, 7) is 44.0. The topological polar surface area (TPSA) is 132 Å². The Hall–Kier alpha value is -2.61. The van der Waals surface area contributed by atoms with Gasteiger partial charge >= 0.3 is 26.4 Å². The van der Waals surface area contributed by atoms with Crippen LogP contribution < -0.4 is 10.6 Å². The van der Waals surface area contributed by atoms with Gasteiger partial charge in [-0.2, -0.15) is 0 Å². The van der Waals surface area contributed by atoms with Crippen molar-refractivity contribution in [3.8, 4) is 0 Å². The molecule has 0 aromatic carbocycles. The van der Waals surface area contributed by atoms with E-state index < -0.39 is 7.12 Å². The number of carbonyl (C=O) groups is 2. The highest BCUT2D eigenvalue weighted by Gasteiger charge is 2.62. The lowest BCUT2D eigenvalue weighted by Crippen LogP contribution is -2.51. The van der Waals surface area contributed by atoms with Gasteiger partial charge in [-0.1, -0.05) is 155 Å². The van der Waals surface area contributed by atoms with E-state index in [9.17, 15) is 9.59 Å². The summed E-state index contributed by atoms with van der Waals surface area (Å²) in [7, 11) is -0.751. The molecular weight excluding hydrogens is 1150 g/mol. The molecule has 14 heteroatoms. The van der Waals surface area contributed by atoms with Crippen LogP contribution >= 0.6 is 0 Å². The van der Waals surface area contributed by atoms with Gasteiger partial charge in [0.1, 0.15) is 12.2 Å². The molecule has 6 saturated carbocycles. The first-order chi connectivity index (χ1) is 43.3. The fourth-order valence-electron chi connectivity index (χ4n) is 20.9. The van der Waals surface area contributed by atoms with E-state index in [2.05, 4.69) is 92.0 Å². The number of allylic oxidation sites excluding steroid dienone is 2. The minimum Gasteiger partial charge on any atom is -0.446 e. The minimum atomic E-state index is -0.396. The molecule has 92 heavy (non-hydrogen) atoms. The third-order valence-corrected chi connectivity index (χ3v) is 27.7. The number of alkyl carbamates (subject to hydrolysis) is 2. The molecule has 2 amide bonds. The van der Waals surface area contributed by atoms with Crippen LogP contribution in [0.3, 0.4) is 0 Å². The van der Waals surface area contributed by atoms with Crippen LogP contribution in [-0.2, 0) is 37.6 Å². The second kappa shape index (κ2) is 30.2. The number of fused-ring (bicyclic) bond motifs is 10. The zero-order valence-corrected chi connectivity index (χ0v) is 61.6. The van der Waals surface area contributed by atoms with Gasteiger partial charge in [0.15, 0.2) is 0 Å². The molecule has 10 aliphatic rings. The summed E-state index contributed by atoms with van der Waals surface area (Å²) in [6.07, 6.45) is 36.3. The van der Waals surface area contributed by atoms with Crippen molar-refractivity contribution in [1.29, 1.82) is 0 Å². The summed E-state index contributed by atoms with van der Waals surface area (Å²) in [4.78, 5) is 25.3. The fourth-order valence-corrected chi connectivity index (χ4v) is 20.9. The van der Waals surface area contributed by atoms with Gasteiger partial charge in [0.2, 0.25) is 0 Å². The minimum absolute atomic E-state index is 0.0284. The van der Waals surface area contributed by atoms with Crippen LogP contribution in [-0.4, -0.2) is 101 Å². The first kappa shape index (κ1) is 73.6. The van der Waals surface area contributed by atoms with Gasteiger partial charge in [-0.05, 0) is 238 Å². The van der Waals surface area contributed by atoms with Crippen molar-refractivity contribution in [1.82, 2.24) is 10.6 Å². The molecular formula is C78H132B2N2O10. The summed E-state index contributed by atoms with van der Waals surface area (Å²) in [5.41, 5.74) is 3.31. The Kier molecular flexibility index (Phi) is 24.2. The molecule has 12 nitrogen and oxygen atoms in total. The summed E-state index contributed by atoms with van der Waals surface area (Å²) >= 11 is 0. The van der Waals surface area contributed by atoms with Crippen LogP contribution in [0.5, 0.6) is 0 Å². The van der Waals surface area contributed by atoms with Gasteiger partial charge in [-0.3, -0.25) is 0 Å². The summed E-state index contributed by atoms with van der Waals surface area (Å²) < 4.78 is 47.0. The maximum absolute atomic E-state index is 12.7. The maximum atomic E-state index is 12.7. The van der Waals surface area contributed by atoms with E-state index in [4.69, 9.17) is 37.6 Å². The van der Waals surface area contributed by atoms with Gasteiger partial charge in [0, 0.05) is 25.9 Å². The van der Waals surface area contributed by atoms with E-state index in [0.717, 1.165) is 110 Å². The predicted molar refractivity (Wildman–Crippen MR) is 375 cm³/mol. The Balaban J connectivity index is 0.000000219. The Morgan fingerprint density at radius 1 is 0.511 bits per heavy atom. The molecule has 0 radical (unpaired) electrons. The molecule has 10 rings (SSSR count). The number of hydrogen-bond donors (Lipinski definition) is 2. The Labute approximate surface area is 561 Å². The first-order valence-electron chi connectivity index (χ1n) is 37.8. The van der Waals surface area contributed by atoms with Crippen molar-refractivity contribution in [3.05, 3.63) is 47.4 Å². The number of ether oxygens (including phenoxy) is 4. The Morgan fingerprint density at radius 3 is 1.38 bits per heavy atom. The average molecular weight is 1280 g/mol. The second-order valence-electron chi connectivity index (χ2n) is 35.2. The van der Waals surface area contributed by atoms with Gasteiger partial charge in [-0.15, -0.1) is 0 Å². The predicted octanol–water partition coefficient (Wildman–Crippen LogP) is 18.7. The molecule has 16 atom stereocenters. The normalized spacial score (nSPS) is 37.0. The number of rotatable bonds is 24. The SMILES string of the molecule is CC(C)CCC[C@@H](C)[C@H]1CCC2C3CC=C4C[C@@H](OC(=O)NC/C=C/B5OC(C)(C)C(C)(C)O5)CC[C@]4(C)C3CC[C@@]21C.CC(C)CCC[C@@H](C)[C@H]1CCC2C3CC=C4C[C@@H](OC(=O)NCCOCCOC/C=C/B5OC(C)(C)C(C)(C)O5)CC[C@]4(C)C3CC[C@@]21C. The quantitative estimate of drug-likeness (QED) is 0.0547. The van der Waals surface area contributed by atoms with Crippen molar-refractivity contribution in [2.45, 2.75) is 300 Å².